The summed E-state index contributed by atoms with van der Waals surface area (Å²) >= 11 is 13.9. The van der Waals surface area contributed by atoms with Gasteiger partial charge in [0.25, 0.3) is 5.56 Å². The quantitative estimate of drug-likeness (QED) is 0.251. The molecule has 2 aromatic heterocycles. The number of aromatic nitrogens is 3. The summed E-state index contributed by atoms with van der Waals surface area (Å²) in [7, 11) is 0. The predicted octanol–water partition coefficient (Wildman–Crippen LogP) is 6.47. The zero-order valence-corrected chi connectivity index (χ0v) is 17.9. The number of hydrogen-bond acceptors (Lipinski definition) is 3. The minimum Gasteiger partial charge on any atom is -0.349 e. The van der Waals surface area contributed by atoms with E-state index in [9.17, 15) is 4.79 Å². The van der Waals surface area contributed by atoms with Gasteiger partial charge in [-0.15, -0.1) is 0 Å². The van der Waals surface area contributed by atoms with Crippen molar-refractivity contribution in [2.45, 2.75) is 10.9 Å². The molecule has 0 saturated carbocycles. The highest BCUT2D eigenvalue weighted by Gasteiger charge is 2.17. The van der Waals surface area contributed by atoms with Gasteiger partial charge >= 0.3 is 0 Å². The highest BCUT2D eigenvalue weighted by Crippen LogP contribution is 2.30. The van der Waals surface area contributed by atoms with Gasteiger partial charge in [0.15, 0.2) is 5.16 Å². The molecule has 7 heteroatoms. The van der Waals surface area contributed by atoms with E-state index < -0.39 is 0 Å². The van der Waals surface area contributed by atoms with Crippen LogP contribution in [-0.4, -0.2) is 14.5 Å². The summed E-state index contributed by atoms with van der Waals surface area (Å²) in [5, 5.41) is 2.82. The van der Waals surface area contributed by atoms with Gasteiger partial charge < -0.3 is 4.98 Å². The van der Waals surface area contributed by atoms with Crippen LogP contribution in [0, 0.1) is 0 Å². The van der Waals surface area contributed by atoms with E-state index in [1.165, 1.54) is 11.8 Å². The number of benzene rings is 3. The molecule has 1 N–H and O–H groups in total. The van der Waals surface area contributed by atoms with E-state index in [0.717, 1.165) is 16.5 Å². The third-order valence-corrected chi connectivity index (χ3v) is 6.50. The van der Waals surface area contributed by atoms with Crippen molar-refractivity contribution in [1.82, 2.24) is 14.5 Å². The van der Waals surface area contributed by atoms with Gasteiger partial charge in [-0.25, -0.2) is 4.98 Å². The minimum absolute atomic E-state index is 0.153. The van der Waals surface area contributed by atoms with Crippen LogP contribution >= 0.6 is 35.0 Å². The van der Waals surface area contributed by atoms with E-state index in [4.69, 9.17) is 28.2 Å². The SMILES string of the molecule is O=c1c2[nH]c3ccccc3c2nc(SCc2ccccc2Cl)n1-c1ccc(Cl)cc1. The molecule has 5 aromatic rings. The van der Waals surface area contributed by atoms with Crippen molar-refractivity contribution in [2.24, 2.45) is 0 Å². The summed E-state index contributed by atoms with van der Waals surface area (Å²) in [6, 6.07) is 22.6. The van der Waals surface area contributed by atoms with Crippen molar-refractivity contribution in [3.8, 4) is 5.69 Å². The van der Waals surface area contributed by atoms with Crippen molar-refractivity contribution in [3.63, 3.8) is 0 Å². The number of nitrogens with one attached hydrogen (secondary N) is 1. The van der Waals surface area contributed by atoms with E-state index in [2.05, 4.69) is 4.98 Å². The first-order valence-electron chi connectivity index (χ1n) is 9.27. The second-order valence-corrected chi connectivity index (χ2v) is 8.57. The number of H-pyrrole nitrogens is 1. The molecule has 30 heavy (non-hydrogen) atoms. The van der Waals surface area contributed by atoms with E-state index in [1.807, 2.05) is 60.7 Å². The molecule has 2 heterocycles. The maximum atomic E-state index is 13.5. The molecule has 0 bridgehead atoms. The molecule has 0 saturated heterocycles. The molecular weight excluding hydrogens is 437 g/mol. The summed E-state index contributed by atoms with van der Waals surface area (Å²) < 4.78 is 1.62. The normalized spacial score (nSPS) is 11.4. The number of rotatable bonds is 4. The Hall–Kier alpha value is -2.73. The van der Waals surface area contributed by atoms with Gasteiger partial charge in [-0.3, -0.25) is 9.36 Å². The summed E-state index contributed by atoms with van der Waals surface area (Å²) in [6.45, 7) is 0. The van der Waals surface area contributed by atoms with E-state index in [0.29, 0.717) is 37.7 Å². The highest BCUT2D eigenvalue weighted by atomic mass is 35.5. The number of para-hydroxylation sites is 1. The van der Waals surface area contributed by atoms with E-state index >= 15 is 0 Å². The molecule has 0 radical (unpaired) electrons. The molecule has 5 rings (SSSR count). The van der Waals surface area contributed by atoms with Crippen molar-refractivity contribution < 1.29 is 0 Å². The zero-order valence-electron chi connectivity index (χ0n) is 15.6. The number of thioether (sulfide) groups is 1. The maximum absolute atomic E-state index is 13.5. The smallest absolute Gasteiger partial charge is 0.283 e. The minimum atomic E-state index is -0.153. The Morgan fingerprint density at radius 3 is 2.47 bits per heavy atom. The lowest BCUT2D eigenvalue weighted by Gasteiger charge is -2.12. The molecule has 0 spiro atoms. The Kier molecular flexibility index (Phi) is 5.03. The Morgan fingerprint density at radius 1 is 0.933 bits per heavy atom. The van der Waals surface area contributed by atoms with Crippen LogP contribution in [-0.2, 0) is 5.75 Å². The lowest BCUT2D eigenvalue weighted by atomic mass is 10.2. The Balaban J connectivity index is 1.72. The second-order valence-electron chi connectivity index (χ2n) is 6.79. The molecular formula is C23H15Cl2N3OS. The standard InChI is InChI=1S/C23H15Cl2N3OS/c24-15-9-11-16(12-10-15)28-22(29)21-20(17-6-2-4-8-19(17)26-21)27-23(28)30-13-14-5-1-3-7-18(14)25/h1-12,26H,13H2. The molecule has 0 unspecified atom stereocenters. The van der Waals surface area contributed by atoms with Crippen LogP contribution in [0.3, 0.4) is 0 Å². The predicted molar refractivity (Wildman–Crippen MR) is 125 cm³/mol. The molecule has 0 aliphatic carbocycles. The van der Waals surface area contributed by atoms with Crippen LogP contribution in [0.1, 0.15) is 5.56 Å². The lowest BCUT2D eigenvalue weighted by molar-refractivity contribution is 0.819. The Bertz CT molecular complexity index is 1440. The largest absolute Gasteiger partial charge is 0.349 e. The van der Waals surface area contributed by atoms with Gasteiger partial charge in [0, 0.05) is 26.7 Å². The summed E-state index contributed by atoms with van der Waals surface area (Å²) in [4.78, 5) is 21.6. The van der Waals surface area contributed by atoms with Crippen LogP contribution in [0.2, 0.25) is 10.0 Å². The molecule has 0 fully saturated rings. The molecule has 3 aromatic carbocycles. The number of hydrogen-bond donors (Lipinski definition) is 1. The zero-order chi connectivity index (χ0) is 20.7. The molecule has 0 aliphatic heterocycles. The Morgan fingerprint density at radius 2 is 1.67 bits per heavy atom. The highest BCUT2D eigenvalue weighted by molar-refractivity contribution is 7.98. The summed E-state index contributed by atoms with van der Waals surface area (Å²) in [6.07, 6.45) is 0. The Labute approximate surface area is 186 Å². The third-order valence-electron chi connectivity index (χ3n) is 4.89. The molecule has 0 amide bonds. The van der Waals surface area contributed by atoms with E-state index in [1.54, 1.807) is 16.7 Å². The van der Waals surface area contributed by atoms with Crippen molar-refractivity contribution in [2.75, 3.05) is 0 Å². The van der Waals surface area contributed by atoms with Crippen molar-refractivity contribution >= 4 is 56.9 Å². The van der Waals surface area contributed by atoms with Crippen LogP contribution in [0.15, 0.2) is 82.7 Å². The number of aromatic amines is 1. The average molecular weight is 452 g/mol. The van der Waals surface area contributed by atoms with Gasteiger partial charge in [0.1, 0.15) is 11.0 Å². The number of fused-ring (bicyclic) bond motifs is 3. The molecule has 148 valence electrons. The second kappa shape index (κ2) is 7.84. The van der Waals surface area contributed by atoms with Gasteiger partial charge in [-0.2, -0.15) is 0 Å². The van der Waals surface area contributed by atoms with Crippen LogP contribution in [0.25, 0.3) is 27.6 Å². The van der Waals surface area contributed by atoms with Gasteiger partial charge in [0.05, 0.1) is 5.69 Å². The van der Waals surface area contributed by atoms with Gasteiger partial charge in [0.2, 0.25) is 0 Å². The number of nitrogens with zero attached hydrogens (tertiary/aromatic N) is 2. The summed E-state index contributed by atoms with van der Waals surface area (Å²) in [5.74, 6) is 0.591. The average Bonchev–Trinajstić information content (AvgIpc) is 3.13. The molecule has 0 atom stereocenters. The first-order valence-corrected chi connectivity index (χ1v) is 11.0. The summed E-state index contributed by atoms with van der Waals surface area (Å²) in [5.41, 5.74) is 3.57. The van der Waals surface area contributed by atoms with Crippen LogP contribution < -0.4 is 5.56 Å². The van der Waals surface area contributed by atoms with Crippen molar-refractivity contribution in [3.05, 3.63) is 98.8 Å². The lowest BCUT2D eigenvalue weighted by Crippen LogP contribution is -2.21. The molecule has 0 aliphatic rings. The van der Waals surface area contributed by atoms with Gasteiger partial charge in [-0.05, 0) is 42.0 Å². The first kappa shape index (κ1) is 19.2. The fourth-order valence-corrected chi connectivity index (χ4v) is 4.83. The van der Waals surface area contributed by atoms with Gasteiger partial charge in [-0.1, -0.05) is 71.4 Å². The van der Waals surface area contributed by atoms with E-state index in [-0.39, 0.29) is 5.56 Å². The van der Waals surface area contributed by atoms with Crippen LogP contribution in [0.5, 0.6) is 0 Å². The monoisotopic (exact) mass is 451 g/mol. The first-order chi connectivity index (χ1) is 14.6. The number of halogens is 2. The van der Waals surface area contributed by atoms with Crippen LogP contribution in [0.4, 0.5) is 0 Å². The maximum Gasteiger partial charge on any atom is 0.283 e. The topological polar surface area (TPSA) is 50.7 Å². The van der Waals surface area contributed by atoms with Crippen molar-refractivity contribution in [1.29, 1.82) is 0 Å². The fourth-order valence-electron chi connectivity index (χ4n) is 3.41. The third kappa shape index (κ3) is 3.39. The fraction of sp³-hybridized carbons (Fsp3) is 0.0435. The molecule has 4 nitrogen and oxygen atoms in total.